The Labute approximate surface area is 185 Å². The van der Waals surface area contributed by atoms with E-state index in [2.05, 4.69) is 25.3 Å². The number of nitrogens with one attached hydrogen (secondary N) is 1. The molecule has 0 radical (unpaired) electrons. The Hall–Kier alpha value is -0.880. The lowest BCUT2D eigenvalue weighted by Gasteiger charge is -2.36. The number of aliphatic hydroxyl groups excluding tert-OH is 1. The van der Waals surface area contributed by atoms with Gasteiger partial charge in [-0.25, -0.2) is 0 Å². The van der Waals surface area contributed by atoms with Gasteiger partial charge in [0.2, 0.25) is 0 Å². The second-order valence-electron chi connectivity index (χ2n) is 6.28. The quantitative estimate of drug-likeness (QED) is 0.355. The van der Waals surface area contributed by atoms with Crippen molar-refractivity contribution in [2.24, 2.45) is 4.99 Å². The Morgan fingerprint density at radius 3 is 2.70 bits per heavy atom. The largest absolute Gasteiger partial charge is 0.386 e. The minimum atomic E-state index is -0.596. The Bertz CT molecular complexity index is 745. The summed E-state index contributed by atoms with van der Waals surface area (Å²) in [5, 5.41) is 17.6. The topological polar surface area (TPSA) is 77.1 Å². The average molecular weight is 526 g/mol. The minimum absolute atomic E-state index is 0. The maximum absolute atomic E-state index is 10.3. The van der Waals surface area contributed by atoms with Gasteiger partial charge in [-0.15, -0.1) is 35.3 Å². The van der Waals surface area contributed by atoms with Crippen molar-refractivity contribution in [2.45, 2.75) is 19.6 Å². The van der Waals surface area contributed by atoms with Gasteiger partial charge in [0.05, 0.1) is 10.0 Å². The highest BCUT2D eigenvalue weighted by Crippen LogP contribution is 2.26. The minimum Gasteiger partial charge on any atom is -0.386 e. The van der Waals surface area contributed by atoms with E-state index in [1.807, 2.05) is 19.1 Å². The molecule has 0 spiro atoms. The summed E-state index contributed by atoms with van der Waals surface area (Å²) in [4.78, 5) is 9.76. The number of halogens is 2. The van der Waals surface area contributed by atoms with Crippen LogP contribution in [0.2, 0.25) is 4.34 Å². The molecule has 0 saturated carbocycles. The van der Waals surface area contributed by atoms with Gasteiger partial charge in [-0.1, -0.05) is 16.8 Å². The number of aryl methyl sites for hydroxylation is 1. The third-order valence-electron chi connectivity index (χ3n) is 4.32. The zero-order valence-corrected chi connectivity index (χ0v) is 19.3. The third kappa shape index (κ3) is 6.31. The van der Waals surface area contributed by atoms with Crippen LogP contribution in [0.5, 0.6) is 0 Å². The van der Waals surface area contributed by atoms with Crippen molar-refractivity contribution < 1.29 is 9.63 Å². The summed E-state index contributed by atoms with van der Waals surface area (Å²) in [6.07, 6.45) is -0.596. The van der Waals surface area contributed by atoms with Crippen LogP contribution in [0.15, 0.2) is 27.7 Å². The molecule has 1 saturated heterocycles. The van der Waals surface area contributed by atoms with Gasteiger partial charge < -0.3 is 19.8 Å². The average Bonchev–Trinajstić information content (AvgIpc) is 3.25. The van der Waals surface area contributed by atoms with Crippen molar-refractivity contribution >= 4 is 52.9 Å². The zero-order chi connectivity index (χ0) is 18.5. The van der Waals surface area contributed by atoms with E-state index in [4.69, 9.17) is 16.1 Å². The zero-order valence-electron chi connectivity index (χ0n) is 15.4. The maximum atomic E-state index is 10.3. The number of rotatable bonds is 5. The number of thiophene rings is 1. The maximum Gasteiger partial charge on any atom is 0.193 e. The van der Waals surface area contributed by atoms with Crippen LogP contribution < -0.4 is 5.32 Å². The van der Waals surface area contributed by atoms with Crippen molar-refractivity contribution in [1.82, 2.24) is 20.3 Å². The van der Waals surface area contributed by atoms with Crippen LogP contribution in [0.3, 0.4) is 0 Å². The summed E-state index contributed by atoms with van der Waals surface area (Å²) >= 11 is 7.32. The molecule has 2 N–H and O–H groups in total. The van der Waals surface area contributed by atoms with E-state index in [1.165, 1.54) is 11.3 Å². The molecule has 150 valence electrons. The predicted octanol–water partition coefficient (Wildman–Crippen LogP) is 2.74. The molecule has 0 amide bonds. The van der Waals surface area contributed by atoms with E-state index in [9.17, 15) is 5.11 Å². The van der Waals surface area contributed by atoms with Gasteiger partial charge in [-0.3, -0.25) is 9.89 Å². The Balaban J connectivity index is 0.00000261. The predicted molar refractivity (Wildman–Crippen MR) is 119 cm³/mol. The van der Waals surface area contributed by atoms with E-state index >= 15 is 0 Å². The van der Waals surface area contributed by atoms with Gasteiger partial charge in [0, 0.05) is 57.3 Å². The SMILES string of the molecule is CN=C(NCC(O)c1ccc(Cl)s1)N1CCN(Cc2cc(C)on2)CC1.I. The second-order valence-corrected chi connectivity index (χ2v) is 8.02. The number of hydrogen-bond acceptors (Lipinski definition) is 6. The summed E-state index contributed by atoms with van der Waals surface area (Å²) in [5.74, 6) is 1.65. The smallest absolute Gasteiger partial charge is 0.193 e. The molecule has 3 heterocycles. The molecule has 0 bridgehead atoms. The Morgan fingerprint density at radius 1 is 1.41 bits per heavy atom. The molecular weight excluding hydrogens is 501 g/mol. The van der Waals surface area contributed by atoms with Crippen LogP contribution in [0.1, 0.15) is 22.4 Å². The lowest BCUT2D eigenvalue weighted by Crippen LogP contribution is -2.52. The lowest BCUT2D eigenvalue weighted by atomic mass is 10.2. The number of aliphatic hydroxyl groups is 1. The highest BCUT2D eigenvalue weighted by atomic mass is 127. The molecule has 27 heavy (non-hydrogen) atoms. The molecular formula is C17H25ClIN5O2S. The van der Waals surface area contributed by atoms with Crippen molar-refractivity contribution in [3.05, 3.63) is 38.9 Å². The summed E-state index contributed by atoms with van der Waals surface area (Å²) in [7, 11) is 1.77. The van der Waals surface area contributed by atoms with Gasteiger partial charge in [0.1, 0.15) is 11.9 Å². The first-order valence-corrected chi connectivity index (χ1v) is 9.78. The second kappa shape index (κ2) is 10.6. The van der Waals surface area contributed by atoms with Crippen LogP contribution in [0.25, 0.3) is 0 Å². The number of nitrogens with zero attached hydrogens (tertiary/aromatic N) is 4. The molecule has 0 aromatic carbocycles. The van der Waals surface area contributed by atoms with E-state index < -0.39 is 6.10 Å². The van der Waals surface area contributed by atoms with Crippen LogP contribution in [-0.2, 0) is 6.54 Å². The van der Waals surface area contributed by atoms with Gasteiger partial charge in [0.25, 0.3) is 0 Å². The summed E-state index contributed by atoms with van der Waals surface area (Å²) in [6, 6.07) is 5.63. The van der Waals surface area contributed by atoms with E-state index in [0.717, 1.165) is 55.0 Å². The molecule has 1 aliphatic rings. The molecule has 2 aromatic heterocycles. The number of hydrogen-bond donors (Lipinski definition) is 2. The van der Waals surface area contributed by atoms with Gasteiger partial charge in [-0.2, -0.15) is 0 Å². The van der Waals surface area contributed by atoms with Crippen LogP contribution in [0, 0.1) is 6.92 Å². The molecule has 3 rings (SSSR count). The van der Waals surface area contributed by atoms with Crippen molar-refractivity contribution in [3.63, 3.8) is 0 Å². The van der Waals surface area contributed by atoms with E-state index in [-0.39, 0.29) is 24.0 Å². The highest BCUT2D eigenvalue weighted by Gasteiger charge is 2.21. The van der Waals surface area contributed by atoms with Crippen molar-refractivity contribution in [3.8, 4) is 0 Å². The Kier molecular flexibility index (Phi) is 8.80. The standard InChI is InChI=1S/C17H24ClN5O2S.HI/c1-12-9-13(21-25-12)11-22-5-7-23(8-6-22)17(19-2)20-10-14(24)15-3-4-16(18)26-15;/h3-4,9,14,24H,5-8,10-11H2,1-2H3,(H,19,20);1H. The fourth-order valence-corrected chi connectivity index (χ4v) is 4.01. The first-order chi connectivity index (χ1) is 12.5. The normalized spacial score (nSPS) is 16.9. The molecule has 7 nitrogen and oxygen atoms in total. The van der Waals surface area contributed by atoms with Gasteiger partial charge >= 0.3 is 0 Å². The molecule has 1 aliphatic heterocycles. The first kappa shape index (κ1) is 22.4. The monoisotopic (exact) mass is 525 g/mol. The third-order valence-corrected chi connectivity index (χ3v) is 5.65. The molecule has 1 unspecified atom stereocenters. The van der Waals surface area contributed by atoms with E-state index in [0.29, 0.717) is 10.9 Å². The Morgan fingerprint density at radius 2 is 2.15 bits per heavy atom. The molecule has 2 aromatic rings. The van der Waals surface area contributed by atoms with Crippen LogP contribution in [0.4, 0.5) is 0 Å². The summed E-state index contributed by atoms with van der Waals surface area (Å²) in [5.41, 5.74) is 0.969. The van der Waals surface area contributed by atoms with Crippen LogP contribution >= 0.6 is 46.9 Å². The number of aromatic nitrogens is 1. The number of piperazine rings is 1. The van der Waals surface area contributed by atoms with Gasteiger partial charge in [0.15, 0.2) is 5.96 Å². The van der Waals surface area contributed by atoms with E-state index in [1.54, 1.807) is 13.1 Å². The fourth-order valence-electron chi connectivity index (χ4n) is 2.97. The summed E-state index contributed by atoms with van der Waals surface area (Å²) in [6.45, 7) is 6.71. The number of aliphatic imine (C=N–C) groups is 1. The first-order valence-electron chi connectivity index (χ1n) is 8.58. The molecule has 10 heteroatoms. The van der Waals surface area contributed by atoms with Crippen LogP contribution in [-0.4, -0.2) is 65.8 Å². The van der Waals surface area contributed by atoms with Crippen molar-refractivity contribution in [2.75, 3.05) is 39.8 Å². The molecule has 1 fully saturated rings. The highest BCUT2D eigenvalue weighted by molar-refractivity contribution is 14.0. The number of guanidine groups is 1. The fraction of sp³-hybridized carbons (Fsp3) is 0.529. The summed E-state index contributed by atoms with van der Waals surface area (Å²) < 4.78 is 5.81. The lowest BCUT2D eigenvalue weighted by molar-refractivity contribution is 0.162. The van der Waals surface area contributed by atoms with Crippen molar-refractivity contribution in [1.29, 1.82) is 0 Å². The molecule has 0 aliphatic carbocycles. The molecule has 1 atom stereocenters. The van der Waals surface area contributed by atoms with Gasteiger partial charge in [-0.05, 0) is 19.1 Å².